The van der Waals surface area contributed by atoms with Gasteiger partial charge in [-0.3, -0.25) is 9.69 Å². The minimum Gasteiger partial charge on any atom is -0.379 e. The first-order valence-electron chi connectivity index (χ1n) is 10.4. The van der Waals surface area contributed by atoms with Gasteiger partial charge in [0.25, 0.3) is 0 Å². The number of hydrogen-bond acceptors (Lipinski definition) is 4. The Morgan fingerprint density at radius 3 is 2.52 bits per heavy atom. The van der Waals surface area contributed by atoms with Crippen molar-refractivity contribution < 1.29 is 9.53 Å². The third kappa shape index (κ3) is 4.53. The maximum Gasteiger partial charge on any atom is 0.236 e. The van der Waals surface area contributed by atoms with Crippen molar-refractivity contribution in [2.45, 2.75) is 25.2 Å². The van der Waals surface area contributed by atoms with E-state index in [2.05, 4.69) is 52.1 Å². The summed E-state index contributed by atoms with van der Waals surface area (Å²) in [4.78, 5) is 19.6. The molecule has 1 aromatic rings. The minimum atomic E-state index is 0.301. The number of carbonyl (C=O) groups is 1. The lowest BCUT2D eigenvalue weighted by atomic mass is 9.68. The van der Waals surface area contributed by atoms with Crippen LogP contribution >= 0.6 is 0 Å². The predicted octanol–water partition coefficient (Wildman–Crippen LogP) is 2.05. The number of nitrogens with zero attached hydrogens (tertiary/aromatic N) is 3. The number of amides is 1. The lowest BCUT2D eigenvalue weighted by Crippen LogP contribution is -2.53. The van der Waals surface area contributed by atoms with Crippen molar-refractivity contribution in [2.24, 2.45) is 5.41 Å². The Kier molecular flexibility index (Phi) is 5.81. The highest BCUT2D eigenvalue weighted by Gasteiger charge is 2.42. The van der Waals surface area contributed by atoms with Crippen LogP contribution in [0.25, 0.3) is 0 Å². The molecule has 0 aliphatic carbocycles. The molecule has 0 aromatic heterocycles. The first-order chi connectivity index (χ1) is 13.1. The summed E-state index contributed by atoms with van der Waals surface area (Å²) >= 11 is 0. The number of rotatable bonds is 3. The van der Waals surface area contributed by atoms with Crippen molar-refractivity contribution in [1.29, 1.82) is 0 Å². The van der Waals surface area contributed by atoms with Crippen LogP contribution in [0.2, 0.25) is 0 Å². The molecular weight excluding hydrogens is 338 g/mol. The molecule has 148 valence electrons. The van der Waals surface area contributed by atoms with Crippen molar-refractivity contribution in [1.82, 2.24) is 14.7 Å². The Labute approximate surface area is 163 Å². The van der Waals surface area contributed by atoms with Crippen molar-refractivity contribution in [3.63, 3.8) is 0 Å². The smallest absolute Gasteiger partial charge is 0.236 e. The quantitative estimate of drug-likeness (QED) is 0.815. The van der Waals surface area contributed by atoms with Gasteiger partial charge in [-0.1, -0.05) is 30.3 Å². The summed E-state index contributed by atoms with van der Waals surface area (Å²) in [7, 11) is 2.26. The molecule has 3 fully saturated rings. The van der Waals surface area contributed by atoms with Gasteiger partial charge in [0.15, 0.2) is 0 Å². The van der Waals surface area contributed by atoms with E-state index in [0.717, 1.165) is 58.8 Å². The molecule has 0 saturated carbocycles. The molecule has 27 heavy (non-hydrogen) atoms. The number of ether oxygens (including phenoxy) is 1. The standard InChI is InChI=1S/C22H33N3O2/c1-23-16-20(19-5-3-2-4-6-19)15-22(18-23)7-9-25(10-8-22)21(26)17-24-11-13-27-14-12-24/h2-6,20H,7-18H2,1H3. The third-order valence-electron chi connectivity index (χ3n) is 6.73. The van der Waals surface area contributed by atoms with Gasteiger partial charge in [0.2, 0.25) is 5.91 Å². The van der Waals surface area contributed by atoms with Crippen molar-refractivity contribution in [3.05, 3.63) is 35.9 Å². The van der Waals surface area contributed by atoms with Crippen LogP contribution in [0.1, 0.15) is 30.7 Å². The maximum absolute atomic E-state index is 12.7. The molecule has 3 saturated heterocycles. The number of likely N-dealkylation sites (tertiary alicyclic amines) is 2. The van der Waals surface area contributed by atoms with Crippen molar-refractivity contribution in [3.8, 4) is 0 Å². The fourth-order valence-electron chi connectivity index (χ4n) is 5.26. The summed E-state index contributed by atoms with van der Waals surface area (Å²) < 4.78 is 5.39. The Balaban J connectivity index is 1.34. The number of hydrogen-bond donors (Lipinski definition) is 0. The molecule has 5 nitrogen and oxygen atoms in total. The molecular formula is C22H33N3O2. The molecule has 1 amide bonds. The van der Waals surface area contributed by atoms with E-state index in [4.69, 9.17) is 4.74 Å². The molecule has 0 bridgehead atoms. The number of benzene rings is 1. The van der Waals surface area contributed by atoms with Crippen LogP contribution in [0.3, 0.4) is 0 Å². The van der Waals surface area contributed by atoms with Gasteiger partial charge in [0, 0.05) is 39.3 Å². The molecule has 5 heteroatoms. The van der Waals surface area contributed by atoms with E-state index >= 15 is 0 Å². The molecule has 3 heterocycles. The van der Waals surface area contributed by atoms with Gasteiger partial charge in [0.05, 0.1) is 19.8 Å². The lowest BCUT2D eigenvalue weighted by Gasteiger charge is -2.49. The highest BCUT2D eigenvalue weighted by atomic mass is 16.5. The molecule has 1 unspecified atom stereocenters. The summed E-state index contributed by atoms with van der Waals surface area (Å²) in [5, 5.41) is 0. The van der Waals surface area contributed by atoms with E-state index in [1.165, 1.54) is 18.5 Å². The van der Waals surface area contributed by atoms with Crippen molar-refractivity contribution >= 4 is 5.91 Å². The Morgan fingerprint density at radius 1 is 1.11 bits per heavy atom. The monoisotopic (exact) mass is 371 g/mol. The second-order valence-corrected chi connectivity index (χ2v) is 8.78. The van der Waals surface area contributed by atoms with E-state index in [-0.39, 0.29) is 0 Å². The SMILES string of the molecule is CN1CC(c2ccccc2)CC2(CCN(C(=O)CN3CCOCC3)CC2)C1. The van der Waals surface area contributed by atoms with Crippen LogP contribution in [0.5, 0.6) is 0 Å². The summed E-state index contributed by atoms with van der Waals surface area (Å²) in [6.45, 7) is 7.97. The van der Waals surface area contributed by atoms with Gasteiger partial charge in [-0.2, -0.15) is 0 Å². The fourth-order valence-corrected chi connectivity index (χ4v) is 5.26. The van der Waals surface area contributed by atoms with Crippen molar-refractivity contribution in [2.75, 3.05) is 66.1 Å². The number of likely N-dealkylation sites (N-methyl/N-ethyl adjacent to an activating group) is 1. The Bertz CT molecular complexity index is 622. The zero-order valence-corrected chi connectivity index (χ0v) is 16.6. The summed E-state index contributed by atoms with van der Waals surface area (Å²) in [5.74, 6) is 0.913. The van der Waals surface area contributed by atoms with Crippen LogP contribution < -0.4 is 0 Å². The first kappa shape index (κ1) is 18.9. The topological polar surface area (TPSA) is 36.0 Å². The average Bonchev–Trinajstić information content (AvgIpc) is 2.69. The minimum absolute atomic E-state index is 0.301. The number of morpholine rings is 1. The van der Waals surface area contributed by atoms with Crippen LogP contribution in [-0.4, -0.2) is 86.7 Å². The molecule has 1 atom stereocenters. The fraction of sp³-hybridized carbons (Fsp3) is 0.682. The molecule has 0 radical (unpaired) electrons. The van der Waals surface area contributed by atoms with Gasteiger partial charge in [0.1, 0.15) is 0 Å². The summed E-state index contributed by atoms with van der Waals surface area (Å²) in [5.41, 5.74) is 1.83. The molecule has 4 rings (SSSR count). The van der Waals surface area contributed by atoms with Gasteiger partial charge < -0.3 is 14.5 Å². The Morgan fingerprint density at radius 2 is 1.81 bits per heavy atom. The summed E-state index contributed by atoms with van der Waals surface area (Å²) in [6.07, 6.45) is 3.53. The second-order valence-electron chi connectivity index (χ2n) is 8.78. The molecule has 0 N–H and O–H groups in total. The van der Waals surface area contributed by atoms with E-state index < -0.39 is 0 Å². The third-order valence-corrected chi connectivity index (χ3v) is 6.73. The highest BCUT2D eigenvalue weighted by Crippen LogP contribution is 2.44. The van der Waals surface area contributed by atoms with E-state index in [0.29, 0.717) is 23.8 Å². The second kappa shape index (κ2) is 8.29. The zero-order chi connectivity index (χ0) is 18.7. The normalized spacial score (nSPS) is 27.0. The lowest BCUT2D eigenvalue weighted by molar-refractivity contribution is -0.136. The van der Waals surface area contributed by atoms with Gasteiger partial charge in [-0.05, 0) is 43.2 Å². The average molecular weight is 372 g/mol. The maximum atomic E-state index is 12.7. The van der Waals surface area contributed by atoms with E-state index in [1.54, 1.807) is 0 Å². The van der Waals surface area contributed by atoms with Gasteiger partial charge in [-0.15, -0.1) is 0 Å². The number of piperidine rings is 2. The van der Waals surface area contributed by atoms with E-state index in [1.807, 2.05) is 0 Å². The molecule has 3 aliphatic heterocycles. The van der Waals surface area contributed by atoms with Gasteiger partial charge >= 0.3 is 0 Å². The molecule has 1 spiro atoms. The van der Waals surface area contributed by atoms with Crippen LogP contribution in [-0.2, 0) is 9.53 Å². The van der Waals surface area contributed by atoms with Crippen LogP contribution in [0, 0.1) is 5.41 Å². The Hall–Kier alpha value is -1.43. The first-order valence-corrected chi connectivity index (χ1v) is 10.4. The predicted molar refractivity (Wildman–Crippen MR) is 107 cm³/mol. The van der Waals surface area contributed by atoms with Gasteiger partial charge in [-0.25, -0.2) is 0 Å². The van der Waals surface area contributed by atoms with Crippen LogP contribution in [0.15, 0.2) is 30.3 Å². The summed E-state index contributed by atoms with van der Waals surface area (Å²) in [6, 6.07) is 11.0. The van der Waals surface area contributed by atoms with Crippen LogP contribution in [0.4, 0.5) is 0 Å². The largest absolute Gasteiger partial charge is 0.379 e. The van der Waals surface area contributed by atoms with E-state index in [9.17, 15) is 4.79 Å². The molecule has 1 aromatic carbocycles. The number of carbonyl (C=O) groups excluding carboxylic acids is 1. The zero-order valence-electron chi connectivity index (χ0n) is 16.6. The highest BCUT2D eigenvalue weighted by molar-refractivity contribution is 5.78. The molecule has 3 aliphatic rings.